The Kier molecular flexibility index (Phi) is 10.9. The molecule has 0 aliphatic heterocycles. The lowest BCUT2D eigenvalue weighted by Gasteiger charge is -2.35. The van der Waals surface area contributed by atoms with E-state index in [9.17, 15) is 0 Å². The third-order valence-electron chi connectivity index (χ3n) is 6.59. The van der Waals surface area contributed by atoms with Gasteiger partial charge < -0.3 is 9.05 Å². The summed E-state index contributed by atoms with van der Waals surface area (Å²) in [5.74, 6) is 0.250. The van der Waals surface area contributed by atoms with Crippen molar-refractivity contribution in [3.8, 4) is 0 Å². The molecule has 4 heteroatoms. The minimum absolute atomic E-state index is 0.0893. The van der Waals surface area contributed by atoms with Crippen molar-refractivity contribution in [3.63, 3.8) is 0 Å². The van der Waals surface area contributed by atoms with Crippen LogP contribution in [0.1, 0.15) is 40.0 Å². The molecule has 0 radical (unpaired) electrons. The van der Waals surface area contributed by atoms with Gasteiger partial charge in [0.15, 0.2) is 0 Å². The molecule has 4 rings (SSSR count). The maximum absolute atomic E-state index is 7.09. The molecular weight excluding hydrogens is 490 g/mol. The van der Waals surface area contributed by atoms with Gasteiger partial charge in [0.05, 0.1) is 28.5 Å². The molecule has 0 aliphatic carbocycles. The SMILES string of the molecule is CCCC(OP(c1ccccc1)c1ccccc1)C(C)C(CC)OP(c1ccccc1)c1ccccc1. The van der Waals surface area contributed by atoms with Crippen molar-refractivity contribution in [1.29, 1.82) is 0 Å². The van der Waals surface area contributed by atoms with Gasteiger partial charge in [0.1, 0.15) is 0 Å². The summed E-state index contributed by atoms with van der Waals surface area (Å²) in [6.45, 7) is 6.81. The minimum atomic E-state index is -0.922. The van der Waals surface area contributed by atoms with Gasteiger partial charge in [-0.2, -0.15) is 0 Å². The molecule has 3 unspecified atom stereocenters. The largest absolute Gasteiger partial charge is 0.346 e. The van der Waals surface area contributed by atoms with Crippen molar-refractivity contribution in [3.05, 3.63) is 121 Å². The molecule has 0 bridgehead atoms. The molecule has 4 aromatic carbocycles. The van der Waals surface area contributed by atoms with Crippen molar-refractivity contribution in [2.45, 2.75) is 52.2 Å². The lowest BCUT2D eigenvalue weighted by atomic mass is 9.93. The van der Waals surface area contributed by atoms with Gasteiger partial charge in [0, 0.05) is 27.1 Å². The van der Waals surface area contributed by atoms with E-state index < -0.39 is 16.3 Å². The van der Waals surface area contributed by atoms with Crippen LogP contribution in [0.2, 0.25) is 0 Å². The number of hydrogen-bond acceptors (Lipinski definition) is 2. The smallest absolute Gasteiger partial charge is 0.0921 e. The van der Waals surface area contributed by atoms with Gasteiger partial charge in [0.25, 0.3) is 0 Å². The van der Waals surface area contributed by atoms with Crippen LogP contribution >= 0.6 is 16.3 Å². The van der Waals surface area contributed by atoms with Crippen LogP contribution in [-0.4, -0.2) is 12.2 Å². The standard InChI is InChI=1S/C33H38O2P2/c1-4-18-33(35-37(30-23-14-8-15-24-30)31-25-16-9-17-26-31)27(3)32(5-2)34-36(28-19-10-6-11-20-28)29-21-12-7-13-22-29/h6-17,19-27,32-33H,4-5,18H2,1-3H3. The lowest BCUT2D eigenvalue weighted by Crippen LogP contribution is -2.34. The van der Waals surface area contributed by atoms with E-state index in [1.165, 1.54) is 21.2 Å². The first-order valence-electron chi connectivity index (χ1n) is 13.3. The molecule has 0 saturated heterocycles. The molecule has 192 valence electrons. The van der Waals surface area contributed by atoms with E-state index in [1.807, 2.05) is 0 Å². The summed E-state index contributed by atoms with van der Waals surface area (Å²) in [7, 11) is -1.84. The molecule has 3 atom stereocenters. The van der Waals surface area contributed by atoms with Crippen molar-refractivity contribution in [1.82, 2.24) is 0 Å². The second-order valence-corrected chi connectivity index (χ2v) is 12.9. The van der Waals surface area contributed by atoms with E-state index in [2.05, 4.69) is 142 Å². The summed E-state index contributed by atoms with van der Waals surface area (Å²) >= 11 is 0. The van der Waals surface area contributed by atoms with E-state index in [4.69, 9.17) is 9.05 Å². The Hall–Kier alpha value is -2.34. The van der Waals surface area contributed by atoms with E-state index in [0.29, 0.717) is 0 Å². The summed E-state index contributed by atoms with van der Waals surface area (Å²) in [6, 6.07) is 42.7. The number of hydrogen-bond donors (Lipinski definition) is 0. The fourth-order valence-electron chi connectivity index (χ4n) is 4.54. The Morgan fingerprint density at radius 2 is 0.838 bits per heavy atom. The van der Waals surface area contributed by atoms with Gasteiger partial charge in [0.2, 0.25) is 0 Å². The van der Waals surface area contributed by atoms with Crippen LogP contribution in [0.5, 0.6) is 0 Å². The molecule has 0 aliphatic rings. The van der Waals surface area contributed by atoms with Crippen LogP contribution in [0.15, 0.2) is 121 Å². The maximum atomic E-state index is 7.09. The topological polar surface area (TPSA) is 18.5 Å². The third kappa shape index (κ3) is 7.59. The Labute approximate surface area is 225 Å². The number of rotatable bonds is 13. The molecule has 4 aromatic rings. The lowest BCUT2D eigenvalue weighted by molar-refractivity contribution is 0.0600. The van der Waals surface area contributed by atoms with E-state index in [-0.39, 0.29) is 18.1 Å². The Bertz CT molecular complexity index is 1080. The van der Waals surface area contributed by atoms with E-state index in [0.717, 1.165) is 19.3 Å². The summed E-state index contributed by atoms with van der Waals surface area (Å²) in [5.41, 5.74) is 0. The molecular formula is C33H38O2P2. The van der Waals surface area contributed by atoms with Crippen molar-refractivity contribution in [2.75, 3.05) is 0 Å². The molecule has 0 saturated carbocycles. The highest BCUT2D eigenvalue weighted by atomic mass is 31.1. The zero-order valence-electron chi connectivity index (χ0n) is 22.1. The summed E-state index contributed by atoms with van der Waals surface area (Å²) < 4.78 is 14.1. The summed E-state index contributed by atoms with van der Waals surface area (Å²) in [4.78, 5) is 0. The van der Waals surface area contributed by atoms with Gasteiger partial charge in [-0.25, -0.2) is 0 Å². The highest BCUT2D eigenvalue weighted by molar-refractivity contribution is 7.68. The fourth-order valence-corrected chi connectivity index (χ4v) is 8.58. The first-order chi connectivity index (χ1) is 18.2. The van der Waals surface area contributed by atoms with Crippen molar-refractivity contribution >= 4 is 37.5 Å². The normalized spacial score (nSPS) is 14.0. The molecule has 0 fully saturated rings. The van der Waals surface area contributed by atoms with Crippen LogP contribution in [-0.2, 0) is 9.05 Å². The minimum Gasteiger partial charge on any atom is -0.346 e. The Morgan fingerprint density at radius 1 is 0.514 bits per heavy atom. The monoisotopic (exact) mass is 528 g/mol. The average molecular weight is 529 g/mol. The van der Waals surface area contributed by atoms with Gasteiger partial charge in [-0.1, -0.05) is 149 Å². The molecule has 0 N–H and O–H groups in total. The zero-order valence-corrected chi connectivity index (χ0v) is 23.9. The van der Waals surface area contributed by atoms with Crippen LogP contribution in [0.4, 0.5) is 0 Å². The number of benzene rings is 4. The van der Waals surface area contributed by atoms with Crippen LogP contribution in [0, 0.1) is 5.92 Å². The second-order valence-electron chi connectivity index (χ2n) is 9.27. The van der Waals surface area contributed by atoms with Crippen LogP contribution in [0.25, 0.3) is 0 Å². The van der Waals surface area contributed by atoms with Gasteiger partial charge in [-0.05, 0) is 12.8 Å². The molecule has 0 aromatic heterocycles. The Morgan fingerprint density at radius 3 is 1.14 bits per heavy atom. The van der Waals surface area contributed by atoms with Crippen LogP contribution < -0.4 is 21.2 Å². The van der Waals surface area contributed by atoms with Gasteiger partial charge in [-0.3, -0.25) is 0 Å². The van der Waals surface area contributed by atoms with Gasteiger partial charge in [-0.15, -0.1) is 0 Å². The quantitative estimate of drug-likeness (QED) is 0.166. The predicted octanol–water partition coefficient (Wildman–Crippen LogP) is 7.70. The fraction of sp³-hybridized carbons (Fsp3) is 0.273. The molecule has 37 heavy (non-hydrogen) atoms. The molecule has 0 spiro atoms. The Balaban J connectivity index is 1.61. The molecule has 0 heterocycles. The van der Waals surface area contributed by atoms with E-state index in [1.54, 1.807) is 0 Å². The van der Waals surface area contributed by atoms with Crippen molar-refractivity contribution in [2.24, 2.45) is 5.92 Å². The zero-order chi connectivity index (χ0) is 25.9. The van der Waals surface area contributed by atoms with Crippen molar-refractivity contribution < 1.29 is 9.05 Å². The summed E-state index contributed by atoms with van der Waals surface area (Å²) in [5, 5.41) is 5.00. The third-order valence-corrected chi connectivity index (χ3v) is 10.6. The van der Waals surface area contributed by atoms with Crippen LogP contribution in [0.3, 0.4) is 0 Å². The maximum Gasteiger partial charge on any atom is 0.0921 e. The highest BCUT2D eigenvalue weighted by Gasteiger charge is 2.32. The molecule has 0 amide bonds. The summed E-state index contributed by atoms with van der Waals surface area (Å²) in [6.07, 6.45) is 3.22. The second kappa shape index (κ2) is 14.6. The van der Waals surface area contributed by atoms with E-state index >= 15 is 0 Å². The first-order valence-corrected chi connectivity index (χ1v) is 15.9. The molecule has 2 nitrogen and oxygen atoms in total. The van der Waals surface area contributed by atoms with Gasteiger partial charge >= 0.3 is 0 Å². The highest BCUT2D eigenvalue weighted by Crippen LogP contribution is 2.43. The predicted molar refractivity (Wildman–Crippen MR) is 162 cm³/mol. The first kappa shape index (κ1) is 27.7. The average Bonchev–Trinajstić information content (AvgIpc) is 2.97.